The van der Waals surface area contributed by atoms with E-state index in [1.165, 1.54) is 23.1 Å². The Morgan fingerprint density at radius 1 is 1.31 bits per heavy atom. The number of benzene rings is 1. The molecule has 2 heterocycles. The number of carbonyl (C=O) groups is 1. The van der Waals surface area contributed by atoms with Crippen molar-refractivity contribution in [2.75, 3.05) is 4.90 Å². The van der Waals surface area contributed by atoms with Gasteiger partial charge in [-0.3, -0.25) is 9.69 Å². The summed E-state index contributed by atoms with van der Waals surface area (Å²) in [5.74, 6) is 1.34. The van der Waals surface area contributed by atoms with Crippen molar-refractivity contribution >= 4 is 45.7 Å². The topological polar surface area (TPSA) is 85.0 Å². The molecule has 0 spiro atoms. The second kappa shape index (κ2) is 7.34. The highest BCUT2D eigenvalue weighted by atomic mass is 35.5. The highest BCUT2D eigenvalue weighted by Crippen LogP contribution is 2.36. The van der Waals surface area contributed by atoms with Crippen LogP contribution in [0, 0.1) is 0 Å². The summed E-state index contributed by atoms with van der Waals surface area (Å²) in [7, 11) is 0. The number of halogens is 1. The van der Waals surface area contributed by atoms with E-state index < -0.39 is 0 Å². The average Bonchev–Trinajstić information content (AvgIpc) is 3.15. The van der Waals surface area contributed by atoms with Crippen molar-refractivity contribution in [2.45, 2.75) is 35.9 Å². The number of rotatable bonds is 6. The van der Waals surface area contributed by atoms with Gasteiger partial charge in [0.25, 0.3) is 0 Å². The molecule has 1 fully saturated rings. The highest BCUT2D eigenvalue weighted by Gasteiger charge is 2.34. The summed E-state index contributed by atoms with van der Waals surface area (Å²) in [5.41, 5.74) is 0.706. The first-order valence-electron chi connectivity index (χ1n) is 7.95. The van der Waals surface area contributed by atoms with Crippen LogP contribution in [0.3, 0.4) is 0 Å². The van der Waals surface area contributed by atoms with Gasteiger partial charge in [-0.25, -0.2) is 0 Å². The lowest BCUT2D eigenvalue weighted by atomic mass is 10.2. The minimum atomic E-state index is 0.00137. The smallest absolute Gasteiger partial charge is 0.249 e. The largest absolute Gasteiger partial charge is 0.420 e. The fourth-order valence-electron chi connectivity index (χ4n) is 2.42. The van der Waals surface area contributed by atoms with Gasteiger partial charge in [-0.2, -0.15) is 0 Å². The van der Waals surface area contributed by atoms with E-state index in [0.717, 1.165) is 17.2 Å². The SMILES string of the molecule is CC(=O)N(c1nnc(SCc2nnc(-c3ccccc3Cl)o2)s1)C1CC1. The maximum absolute atomic E-state index is 11.8. The molecule has 1 amide bonds. The number of thioether (sulfide) groups is 1. The van der Waals surface area contributed by atoms with Crippen LogP contribution in [0.4, 0.5) is 5.13 Å². The van der Waals surface area contributed by atoms with E-state index in [2.05, 4.69) is 20.4 Å². The Hall–Kier alpha value is -1.97. The van der Waals surface area contributed by atoms with Crippen molar-refractivity contribution in [3.63, 3.8) is 0 Å². The second-order valence-corrected chi connectivity index (χ2v) is 8.33. The third-order valence-corrected chi connectivity index (χ3v) is 6.11. The first-order valence-corrected chi connectivity index (χ1v) is 10.1. The van der Waals surface area contributed by atoms with Crippen molar-refractivity contribution in [1.29, 1.82) is 0 Å². The maximum Gasteiger partial charge on any atom is 0.249 e. The predicted molar refractivity (Wildman–Crippen MR) is 100 cm³/mol. The molecule has 0 bridgehead atoms. The fraction of sp³-hybridized carbons (Fsp3) is 0.312. The van der Waals surface area contributed by atoms with Crippen molar-refractivity contribution in [3.8, 4) is 11.5 Å². The number of nitrogens with zero attached hydrogens (tertiary/aromatic N) is 5. The van der Waals surface area contributed by atoms with Crippen molar-refractivity contribution in [3.05, 3.63) is 35.2 Å². The van der Waals surface area contributed by atoms with E-state index in [0.29, 0.717) is 33.3 Å². The molecule has 0 atom stereocenters. The molecule has 2 aromatic heterocycles. The third kappa shape index (κ3) is 3.74. The number of anilines is 1. The quantitative estimate of drug-likeness (QED) is 0.450. The van der Waals surface area contributed by atoms with Gasteiger partial charge < -0.3 is 4.42 Å². The molecule has 0 aliphatic heterocycles. The molecule has 0 radical (unpaired) electrons. The minimum absolute atomic E-state index is 0.00137. The van der Waals surface area contributed by atoms with Crippen LogP contribution in [0.5, 0.6) is 0 Å². The van der Waals surface area contributed by atoms with Crippen LogP contribution in [0.2, 0.25) is 5.02 Å². The lowest BCUT2D eigenvalue weighted by Crippen LogP contribution is -2.30. The van der Waals surface area contributed by atoms with Gasteiger partial charge in [0.05, 0.1) is 16.3 Å². The Morgan fingerprint density at radius 3 is 2.85 bits per heavy atom. The Labute approximate surface area is 162 Å². The zero-order chi connectivity index (χ0) is 18.1. The van der Waals surface area contributed by atoms with E-state index in [4.69, 9.17) is 16.0 Å². The van der Waals surface area contributed by atoms with E-state index in [1.54, 1.807) is 17.9 Å². The third-order valence-electron chi connectivity index (χ3n) is 3.74. The van der Waals surface area contributed by atoms with Crippen LogP contribution >= 0.6 is 34.7 Å². The Kier molecular flexibility index (Phi) is 4.92. The molecule has 134 valence electrons. The predicted octanol–water partition coefficient (Wildman–Crippen LogP) is 4.05. The lowest BCUT2D eigenvalue weighted by molar-refractivity contribution is -0.116. The van der Waals surface area contributed by atoms with E-state index in [1.807, 2.05) is 18.2 Å². The number of amides is 1. The molecule has 10 heteroatoms. The molecule has 1 aromatic carbocycles. The molecule has 26 heavy (non-hydrogen) atoms. The monoisotopic (exact) mass is 407 g/mol. The number of hydrogen-bond donors (Lipinski definition) is 0. The Bertz CT molecular complexity index is 940. The van der Waals surface area contributed by atoms with Crippen molar-refractivity contribution in [1.82, 2.24) is 20.4 Å². The molecule has 0 N–H and O–H groups in total. The van der Waals surface area contributed by atoms with E-state index >= 15 is 0 Å². The minimum Gasteiger partial charge on any atom is -0.420 e. The summed E-state index contributed by atoms with van der Waals surface area (Å²) in [6.45, 7) is 1.56. The molecular formula is C16H14ClN5O2S2. The van der Waals surface area contributed by atoms with Crippen molar-refractivity contribution < 1.29 is 9.21 Å². The van der Waals surface area contributed by atoms with E-state index in [-0.39, 0.29) is 11.9 Å². The van der Waals surface area contributed by atoms with Crippen LogP contribution in [-0.2, 0) is 10.5 Å². The standard InChI is InChI=1S/C16H14ClN5O2S2/c1-9(23)22(10-6-7-10)15-20-21-16(26-15)25-8-13-18-19-14(24-13)11-4-2-3-5-12(11)17/h2-5,10H,6-8H2,1H3. The highest BCUT2D eigenvalue weighted by molar-refractivity contribution is 8.00. The zero-order valence-electron chi connectivity index (χ0n) is 13.8. The van der Waals surface area contributed by atoms with Crippen LogP contribution < -0.4 is 4.90 Å². The Morgan fingerprint density at radius 2 is 2.12 bits per heavy atom. The molecule has 7 nitrogen and oxygen atoms in total. The molecule has 0 unspecified atom stereocenters. The van der Waals surface area contributed by atoms with Crippen LogP contribution in [0.15, 0.2) is 33.0 Å². The van der Waals surface area contributed by atoms with E-state index in [9.17, 15) is 4.79 Å². The van der Waals surface area contributed by atoms with Gasteiger partial charge in [0.1, 0.15) is 0 Å². The van der Waals surface area contributed by atoms with Gasteiger partial charge in [0.2, 0.25) is 22.8 Å². The summed E-state index contributed by atoms with van der Waals surface area (Å²) >= 11 is 8.99. The summed E-state index contributed by atoms with van der Waals surface area (Å²) in [5, 5.41) is 17.6. The molecule has 1 saturated carbocycles. The summed E-state index contributed by atoms with van der Waals surface area (Å²) in [6.07, 6.45) is 2.04. The van der Waals surface area contributed by atoms with Gasteiger partial charge in [-0.05, 0) is 25.0 Å². The van der Waals surface area contributed by atoms with Gasteiger partial charge in [0, 0.05) is 13.0 Å². The number of aromatic nitrogens is 4. The molecule has 4 rings (SSSR count). The molecular weight excluding hydrogens is 394 g/mol. The number of hydrogen-bond acceptors (Lipinski definition) is 8. The maximum atomic E-state index is 11.8. The molecule has 1 aliphatic carbocycles. The zero-order valence-corrected chi connectivity index (χ0v) is 16.1. The molecule has 3 aromatic rings. The van der Waals surface area contributed by atoms with Gasteiger partial charge in [-0.15, -0.1) is 20.4 Å². The van der Waals surface area contributed by atoms with Crippen molar-refractivity contribution in [2.24, 2.45) is 0 Å². The first kappa shape index (κ1) is 17.4. The normalized spacial score (nSPS) is 13.8. The van der Waals surface area contributed by atoms with Gasteiger partial charge in [-0.1, -0.05) is 46.8 Å². The molecule has 1 aliphatic rings. The van der Waals surface area contributed by atoms with Crippen LogP contribution in [-0.4, -0.2) is 32.3 Å². The van der Waals surface area contributed by atoms with Crippen LogP contribution in [0.1, 0.15) is 25.7 Å². The van der Waals surface area contributed by atoms with Gasteiger partial charge >= 0.3 is 0 Å². The lowest BCUT2D eigenvalue weighted by Gasteiger charge is -2.15. The first-order chi connectivity index (χ1) is 12.6. The van der Waals surface area contributed by atoms with Crippen LogP contribution in [0.25, 0.3) is 11.5 Å². The van der Waals surface area contributed by atoms with Gasteiger partial charge in [0.15, 0.2) is 4.34 Å². The molecule has 0 saturated heterocycles. The Balaban J connectivity index is 1.42. The fourth-order valence-corrected chi connectivity index (χ4v) is 4.43. The number of carbonyl (C=O) groups excluding carboxylic acids is 1. The summed E-state index contributed by atoms with van der Waals surface area (Å²) in [4.78, 5) is 13.5. The second-order valence-electron chi connectivity index (χ2n) is 5.74. The summed E-state index contributed by atoms with van der Waals surface area (Å²) in [6, 6.07) is 7.59. The summed E-state index contributed by atoms with van der Waals surface area (Å²) < 4.78 is 6.43. The average molecular weight is 408 g/mol.